The molecule has 0 bridgehead atoms. The fourth-order valence-electron chi connectivity index (χ4n) is 6.56. The summed E-state index contributed by atoms with van der Waals surface area (Å²) in [7, 11) is 0. The summed E-state index contributed by atoms with van der Waals surface area (Å²) in [6.07, 6.45) is 3.53. The van der Waals surface area contributed by atoms with Gasteiger partial charge in [-0.2, -0.15) is 22.9 Å². The van der Waals surface area contributed by atoms with Crippen LogP contribution in [0.4, 0.5) is 0 Å². The number of hydrogen-bond donors (Lipinski definition) is 0. The molecule has 0 spiro atoms. The molecule has 0 aliphatic carbocycles. The Labute approximate surface area is 347 Å². The average Bonchev–Trinajstić information content (AvgIpc) is 3.51. The molecule has 4 heterocycles. The minimum Gasteiger partial charge on any atom is -0.503 e. The van der Waals surface area contributed by atoms with E-state index in [0.717, 1.165) is 66.8 Å². The van der Waals surface area contributed by atoms with Gasteiger partial charge in [-0.3, -0.25) is 0 Å². The first-order chi connectivity index (χ1) is 26.1. The number of nitrogens with zero attached hydrogens (tertiary/aromatic N) is 5. The molecule has 7 nitrogen and oxygen atoms in total. The predicted molar refractivity (Wildman–Crippen MR) is 206 cm³/mol. The molecule has 5 aromatic carbocycles. The van der Waals surface area contributed by atoms with Crippen molar-refractivity contribution in [3.63, 3.8) is 0 Å². The van der Waals surface area contributed by atoms with Crippen LogP contribution in [0.25, 0.3) is 61.4 Å². The molecule has 0 fully saturated rings. The van der Waals surface area contributed by atoms with Gasteiger partial charge in [-0.15, -0.1) is 71.8 Å². The van der Waals surface area contributed by atoms with Gasteiger partial charge in [0.25, 0.3) is 0 Å². The first-order valence-electron chi connectivity index (χ1n) is 17.1. The zero-order valence-corrected chi connectivity index (χ0v) is 34.0. The largest absolute Gasteiger partial charge is 2.00 e. The normalized spacial score (nSPS) is 10.8. The third kappa shape index (κ3) is 7.64. The van der Waals surface area contributed by atoms with Crippen molar-refractivity contribution >= 4 is 21.8 Å². The number of hydrogen-bond acceptors (Lipinski definition) is 6. The van der Waals surface area contributed by atoms with Crippen molar-refractivity contribution < 1.29 is 51.6 Å². The van der Waals surface area contributed by atoms with Crippen LogP contribution in [-0.2, 0) is 42.1 Å². The van der Waals surface area contributed by atoms with Gasteiger partial charge < -0.3 is 24.0 Å². The topological polar surface area (TPSA) is 75.0 Å². The zero-order chi connectivity index (χ0) is 35.7. The van der Waals surface area contributed by atoms with Gasteiger partial charge in [0.1, 0.15) is 0 Å². The van der Waals surface area contributed by atoms with Crippen molar-refractivity contribution in [1.29, 1.82) is 0 Å². The smallest absolute Gasteiger partial charge is 0.503 e. The van der Waals surface area contributed by atoms with Gasteiger partial charge in [0, 0.05) is 41.0 Å². The molecule has 270 valence electrons. The van der Waals surface area contributed by atoms with Gasteiger partial charge in [0.05, 0.1) is 11.4 Å². The van der Waals surface area contributed by atoms with Gasteiger partial charge in [-0.1, -0.05) is 77.8 Å². The molecule has 0 aliphatic heterocycles. The van der Waals surface area contributed by atoms with E-state index in [9.17, 15) is 0 Å². The average molecular weight is 1070 g/mol. The van der Waals surface area contributed by atoms with E-state index < -0.39 is 0 Å². The van der Waals surface area contributed by atoms with Crippen LogP contribution in [-0.4, -0.2) is 24.5 Å². The molecule has 0 N–H and O–H groups in total. The van der Waals surface area contributed by atoms with Crippen LogP contribution < -0.4 is 9.47 Å². The molecule has 0 amide bonds. The summed E-state index contributed by atoms with van der Waals surface area (Å²) in [6, 6.07) is 54.9. The van der Waals surface area contributed by atoms with Crippen LogP contribution in [0.1, 0.15) is 11.4 Å². The number of ether oxygens (including phenoxy) is 2. The van der Waals surface area contributed by atoms with E-state index in [1.807, 2.05) is 134 Å². The van der Waals surface area contributed by atoms with E-state index in [-0.39, 0.29) is 42.1 Å². The molecule has 4 aromatic heterocycles. The Morgan fingerprint density at radius 3 is 1.42 bits per heavy atom. The maximum atomic E-state index is 6.37. The van der Waals surface area contributed by atoms with Crippen LogP contribution in [0.15, 0.2) is 140 Å². The van der Waals surface area contributed by atoms with Gasteiger partial charge in [-0.05, 0) is 42.9 Å². The summed E-state index contributed by atoms with van der Waals surface area (Å²) >= 11 is 0. The van der Waals surface area contributed by atoms with E-state index in [2.05, 4.69) is 46.4 Å². The third-order valence-corrected chi connectivity index (χ3v) is 8.91. The Bertz CT molecular complexity index is 2590. The molecule has 9 aromatic rings. The van der Waals surface area contributed by atoms with E-state index in [4.69, 9.17) is 19.4 Å². The molecule has 9 rings (SSSR count). The summed E-state index contributed by atoms with van der Waals surface area (Å²) in [4.78, 5) is 19.1. The summed E-state index contributed by atoms with van der Waals surface area (Å²) in [5.41, 5.74) is 8.55. The van der Waals surface area contributed by atoms with Crippen LogP contribution in [0.5, 0.6) is 23.0 Å². The van der Waals surface area contributed by atoms with Crippen molar-refractivity contribution in [2.75, 3.05) is 0 Å². The SMILES string of the molecule is Cc1nc(-n2c3[c-]c(Oc4[c-]c(-c5ccccn5)ccc4)ccc3c3ccc(Oc4[c-]c(-c5ccccn5)ccc4)[c-]c32)nc(C)c1-c1ccccc1.[Pt+2].[Pt+2]. The van der Waals surface area contributed by atoms with Crippen molar-refractivity contribution in [3.05, 3.63) is 175 Å². The molecule has 0 saturated carbocycles. The monoisotopic (exact) mass is 1070 g/mol. The molecular weight excluding hydrogens is 1040 g/mol. The maximum absolute atomic E-state index is 6.37. The standard InChI is InChI=1S/C46H29N5O2.2Pt/c1-30-45(32-12-4-3-5-13-32)31(2)50-46(49-30)51-43-28-37(52-35-16-10-14-33(26-35)41-18-6-8-24-47-41)20-22-39(43)40-23-21-38(29-44(40)51)53-36-17-11-15-34(27-36)42-19-7-9-25-48-42;;/h3-25H,1-2H3;;/q-4;2*+2. The number of rotatable bonds is 8. The Morgan fingerprint density at radius 2 is 0.945 bits per heavy atom. The Morgan fingerprint density at radius 1 is 0.473 bits per heavy atom. The van der Waals surface area contributed by atoms with Gasteiger partial charge in [-0.25, -0.2) is 9.97 Å². The number of aromatic nitrogens is 5. The van der Waals surface area contributed by atoms with Crippen molar-refractivity contribution in [3.8, 4) is 62.6 Å². The predicted octanol–water partition coefficient (Wildman–Crippen LogP) is 10.8. The Hall–Kier alpha value is -5.74. The zero-order valence-electron chi connectivity index (χ0n) is 29.5. The van der Waals surface area contributed by atoms with E-state index in [1.165, 1.54) is 0 Å². The van der Waals surface area contributed by atoms with Gasteiger partial charge in [0.15, 0.2) is 0 Å². The summed E-state index contributed by atoms with van der Waals surface area (Å²) in [5, 5.41) is 1.88. The first-order valence-corrected chi connectivity index (χ1v) is 17.1. The summed E-state index contributed by atoms with van der Waals surface area (Å²) in [6.45, 7) is 4.03. The molecule has 0 aliphatic rings. The van der Waals surface area contributed by atoms with E-state index in [0.29, 0.717) is 28.9 Å². The minimum atomic E-state index is 0. The molecule has 0 unspecified atom stereocenters. The Kier molecular flexibility index (Phi) is 11.1. The second-order valence-electron chi connectivity index (χ2n) is 12.4. The second kappa shape index (κ2) is 16.3. The second-order valence-corrected chi connectivity index (χ2v) is 12.4. The van der Waals surface area contributed by atoms with Crippen molar-refractivity contribution in [1.82, 2.24) is 24.5 Å². The molecular formula is C46H29N5O2Pt2. The fraction of sp³-hybridized carbons (Fsp3) is 0.0435. The molecule has 9 heteroatoms. The van der Waals surface area contributed by atoms with Crippen molar-refractivity contribution in [2.45, 2.75) is 13.8 Å². The van der Waals surface area contributed by atoms with Gasteiger partial charge in [0.2, 0.25) is 5.95 Å². The quantitative estimate of drug-likeness (QED) is 0.141. The molecule has 0 radical (unpaired) electrons. The van der Waals surface area contributed by atoms with Gasteiger partial charge >= 0.3 is 42.1 Å². The fourth-order valence-corrected chi connectivity index (χ4v) is 6.56. The van der Waals surface area contributed by atoms with Crippen molar-refractivity contribution in [2.24, 2.45) is 0 Å². The maximum Gasteiger partial charge on any atom is 2.00 e. The van der Waals surface area contributed by atoms with Crippen LogP contribution in [0.3, 0.4) is 0 Å². The number of pyridine rings is 2. The van der Waals surface area contributed by atoms with Crippen LogP contribution in [0.2, 0.25) is 0 Å². The summed E-state index contributed by atoms with van der Waals surface area (Å²) in [5.74, 6) is 2.63. The Balaban J connectivity index is 0.00000233. The number of fused-ring (bicyclic) bond motifs is 3. The van der Waals surface area contributed by atoms with E-state index in [1.54, 1.807) is 12.4 Å². The molecule has 55 heavy (non-hydrogen) atoms. The minimum absolute atomic E-state index is 0. The van der Waals surface area contributed by atoms with Crippen LogP contribution >= 0.6 is 0 Å². The number of aryl methyl sites for hydroxylation is 2. The van der Waals surface area contributed by atoms with E-state index >= 15 is 0 Å². The third-order valence-electron chi connectivity index (χ3n) is 8.91. The first kappa shape index (κ1) is 37.6. The molecule has 0 saturated heterocycles. The molecule has 0 atom stereocenters. The summed E-state index contributed by atoms with van der Waals surface area (Å²) < 4.78 is 14.7. The van der Waals surface area contributed by atoms with Crippen LogP contribution in [0, 0.1) is 38.1 Å². The number of benzene rings is 5.